The quantitative estimate of drug-likeness (QED) is 0.281. The van der Waals surface area contributed by atoms with Gasteiger partial charge in [0.2, 0.25) is 5.91 Å². The summed E-state index contributed by atoms with van der Waals surface area (Å²) in [5.74, 6) is -0.115. The number of hydrogen-bond acceptors (Lipinski definition) is 5. The van der Waals surface area contributed by atoms with Gasteiger partial charge in [0.05, 0.1) is 6.10 Å². The van der Waals surface area contributed by atoms with E-state index in [1.54, 1.807) is 4.90 Å². The Hall–Kier alpha value is -1.34. The van der Waals surface area contributed by atoms with E-state index < -0.39 is 5.41 Å². The number of aliphatic hydroxyl groups is 1. The second kappa shape index (κ2) is 5.97. The van der Waals surface area contributed by atoms with Crippen LogP contribution in [0, 0.1) is 11.3 Å². The smallest absolute Gasteiger partial charge is 0.236 e. The Morgan fingerprint density at radius 1 is 1.45 bits per heavy atom. The average molecular weight is 285 g/mol. The van der Waals surface area contributed by atoms with E-state index in [2.05, 4.69) is 5.16 Å². The number of nitrogens with zero attached hydrogens (tertiary/aromatic N) is 2. The number of amides is 1. The van der Waals surface area contributed by atoms with Gasteiger partial charge in [0.15, 0.2) is 5.84 Å². The Morgan fingerprint density at radius 3 is 2.65 bits per heavy atom. The monoisotopic (exact) mass is 285 g/mol. The van der Waals surface area contributed by atoms with Crippen molar-refractivity contribution in [2.45, 2.75) is 32.3 Å². The summed E-state index contributed by atoms with van der Waals surface area (Å²) in [6.07, 6.45) is 1.05. The fourth-order valence-electron chi connectivity index (χ4n) is 3.02. The van der Waals surface area contributed by atoms with Crippen molar-refractivity contribution >= 4 is 11.7 Å². The number of amidine groups is 1. The van der Waals surface area contributed by atoms with Crippen LogP contribution < -0.4 is 5.73 Å². The minimum Gasteiger partial charge on any atom is -0.409 e. The normalized spacial score (nSPS) is 31.1. The minimum atomic E-state index is -0.963. The average Bonchev–Trinajstić information content (AvgIpc) is 2.49. The van der Waals surface area contributed by atoms with E-state index in [4.69, 9.17) is 15.7 Å². The van der Waals surface area contributed by atoms with Crippen LogP contribution in [-0.4, -0.2) is 59.4 Å². The van der Waals surface area contributed by atoms with Crippen LogP contribution >= 0.6 is 0 Å². The summed E-state index contributed by atoms with van der Waals surface area (Å²) in [7, 11) is 0. The predicted molar refractivity (Wildman–Crippen MR) is 72.3 cm³/mol. The zero-order chi connectivity index (χ0) is 14.8. The molecule has 7 nitrogen and oxygen atoms in total. The summed E-state index contributed by atoms with van der Waals surface area (Å²) in [5.41, 5.74) is 4.84. The van der Waals surface area contributed by atoms with E-state index in [0.29, 0.717) is 45.6 Å². The van der Waals surface area contributed by atoms with Crippen molar-refractivity contribution in [2.75, 3.05) is 26.3 Å². The molecule has 7 heteroatoms. The molecule has 1 amide bonds. The lowest BCUT2D eigenvalue weighted by Crippen LogP contribution is -2.57. The molecule has 0 saturated carbocycles. The standard InChI is InChI=1S/C13H23N3O4/c1-9-8-16(5-2-10(9)17)12(18)13(11(14)15-19)3-6-20-7-4-13/h9-10,17,19H,2-8H2,1H3,(H2,14,15). The lowest BCUT2D eigenvalue weighted by Gasteiger charge is -2.42. The molecule has 2 rings (SSSR count). The Kier molecular flexibility index (Phi) is 4.49. The first kappa shape index (κ1) is 15.1. The maximum absolute atomic E-state index is 12.8. The number of carbonyl (C=O) groups excluding carboxylic acids is 1. The summed E-state index contributed by atoms with van der Waals surface area (Å²) in [5, 5.41) is 21.8. The van der Waals surface area contributed by atoms with Crippen LogP contribution in [0.25, 0.3) is 0 Å². The molecule has 0 radical (unpaired) electrons. The van der Waals surface area contributed by atoms with Crippen molar-refractivity contribution in [2.24, 2.45) is 22.2 Å². The summed E-state index contributed by atoms with van der Waals surface area (Å²) in [4.78, 5) is 14.6. The molecule has 2 unspecified atom stereocenters. The number of nitrogens with two attached hydrogens (primary N) is 1. The number of piperidine rings is 1. The first-order chi connectivity index (χ1) is 9.51. The van der Waals surface area contributed by atoms with Crippen LogP contribution in [0.2, 0.25) is 0 Å². The van der Waals surface area contributed by atoms with Crippen molar-refractivity contribution in [1.29, 1.82) is 0 Å². The second-order valence-corrected chi connectivity index (χ2v) is 5.76. The van der Waals surface area contributed by atoms with Crippen molar-refractivity contribution in [3.8, 4) is 0 Å². The molecule has 20 heavy (non-hydrogen) atoms. The van der Waals surface area contributed by atoms with Gasteiger partial charge in [0, 0.05) is 26.3 Å². The van der Waals surface area contributed by atoms with Crippen LogP contribution in [0.3, 0.4) is 0 Å². The number of ether oxygens (including phenoxy) is 1. The number of aliphatic hydroxyl groups excluding tert-OH is 1. The molecule has 0 aromatic rings. The third-order valence-corrected chi connectivity index (χ3v) is 4.50. The maximum Gasteiger partial charge on any atom is 0.236 e. The topological polar surface area (TPSA) is 108 Å². The number of likely N-dealkylation sites (tertiary alicyclic amines) is 1. The summed E-state index contributed by atoms with van der Waals surface area (Å²) in [6, 6.07) is 0. The molecular weight excluding hydrogens is 262 g/mol. The maximum atomic E-state index is 12.8. The van der Waals surface area contributed by atoms with Crippen LogP contribution in [0.4, 0.5) is 0 Å². The van der Waals surface area contributed by atoms with Crippen LogP contribution in [0.15, 0.2) is 5.16 Å². The van der Waals surface area contributed by atoms with Gasteiger partial charge in [0.1, 0.15) is 5.41 Å². The fraction of sp³-hybridized carbons (Fsp3) is 0.846. The minimum absolute atomic E-state index is 0.0374. The van der Waals surface area contributed by atoms with E-state index >= 15 is 0 Å². The van der Waals surface area contributed by atoms with E-state index in [1.807, 2.05) is 6.92 Å². The van der Waals surface area contributed by atoms with Gasteiger partial charge >= 0.3 is 0 Å². The molecular formula is C13H23N3O4. The van der Waals surface area contributed by atoms with E-state index in [-0.39, 0.29) is 23.8 Å². The SMILES string of the molecule is CC1CN(C(=O)C2(C(N)=NO)CCOCC2)CCC1O. The molecule has 2 aliphatic rings. The lowest BCUT2D eigenvalue weighted by atomic mass is 9.77. The van der Waals surface area contributed by atoms with Gasteiger partial charge in [-0.05, 0) is 25.2 Å². The molecule has 0 spiro atoms. The molecule has 0 aromatic heterocycles. The van der Waals surface area contributed by atoms with Crippen molar-refractivity contribution in [3.63, 3.8) is 0 Å². The Bertz CT molecular complexity index is 393. The molecule has 2 heterocycles. The fourth-order valence-corrected chi connectivity index (χ4v) is 3.02. The summed E-state index contributed by atoms with van der Waals surface area (Å²) < 4.78 is 5.29. The number of hydrogen-bond donors (Lipinski definition) is 3. The van der Waals surface area contributed by atoms with Gasteiger partial charge in [-0.2, -0.15) is 0 Å². The van der Waals surface area contributed by atoms with Crippen LogP contribution in [-0.2, 0) is 9.53 Å². The highest BCUT2D eigenvalue weighted by Crippen LogP contribution is 2.34. The summed E-state index contributed by atoms with van der Waals surface area (Å²) >= 11 is 0. The van der Waals surface area contributed by atoms with E-state index in [9.17, 15) is 9.90 Å². The molecule has 2 aliphatic heterocycles. The van der Waals surface area contributed by atoms with E-state index in [1.165, 1.54) is 0 Å². The third-order valence-electron chi connectivity index (χ3n) is 4.50. The number of carbonyl (C=O) groups is 1. The molecule has 114 valence electrons. The zero-order valence-corrected chi connectivity index (χ0v) is 11.8. The Morgan fingerprint density at radius 2 is 2.10 bits per heavy atom. The Balaban J connectivity index is 2.19. The molecule has 2 fully saturated rings. The lowest BCUT2D eigenvalue weighted by molar-refractivity contribution is -0.146. The van der Waals surface area contributed by atoms with Crippen LogP contribution in [0.1, 0.15) is 26.2 Å². The highest BCUT2D eigenvalue weighted by Gasteiger charge is 2.47. The Labute approximate surface area is 118 Å². The molecule has 2 atom stereocenters. The number of oxime groups is 1. The largest absolute Gasteiger partial charge is 0.409 e. The number of rotatable bonds is 2. The first-order valence-corrected chi connectivity index (χ1v) is 7.04. The molecule has 0 bridgehead atoms. The van der Waals surface area contributed by atoms with Gasteiger partial charge in [-0.3, -0.25) is 4.79 Å². The van der Waals surface area contributed by atoms with E-state index in [0.717, 1.165) is 0 Å². The second-order valence-electron chi connectivity index (χ2n) is 5.76. The van der Waals surface area contributed by atoms with Gasteiger partial charge in [-0.1, -0.05) is 12.1 Å². The van der Waals surface area contributed by atoms with Gasteiger partial charge in [-0.15, -0.1) is 0 Å². The third kappa shape index (κ3) is 2.60. The zero-order valence-electron chi connectivity index (χ0n) is 11.8. The highest BCUT2D eigenvalue weighted by molar-refractivity contribution is 6.06. The first-order valence-electron chi connectivity index (χ1n) is 7.04. The predicted octanol–water partition coefficient (Wildman–Crippen LogP) is -0.241. The van der Waals surface area contributed by atoms with Gasteiger partial charge in [-0.25, -0.2) is 0 Å². The van der Waals surface area contributed by atoms with Gasteiger partial charge in [0.25, 0.3) is 0 Å². The molecule has 0 aliphatic carbocycles. The van der Waals surface area contributed by atoms with Crippen LogP contribution in [0.5, 0.6) is 0 Å². The van der Waals surface area contributed by atoms with Crippen molar-refractivity contribution < 1.29 is 19.8 Å². The van der Waals surface area contributed by atoms with Crippen molar-refractivity contribution in [1.82, 2.24) is 4.90 Å². The molecule has 2 saturated heterocycles. The molecule has 4 N–H and O–H groups in total. The van der Waals surface area contributed by atoms with Gasteiger partial charge < -0.3 is 25.7 Å². The highest BCUT2D eigenvalue weighted by atomic mass is 16.5. The molecule has 0 aromatic carbocycles. The summed E-state index contributed by atoms with van der Waals surface area (Å²) in [6.45, 7) is 3.78. The van der Waals surface area contributed by atoms with Crippen molar-refractivity contribution in [3.05, 3.63) is 0 Å².